The van der Waals surface area contributed by atoms with E-state index in [2.05, 4.69) is 9.98 Å². The lowest BCUT2D eigenvalue weighted by Crippen LogP contribution is -1.95. The molecule has 4 nitrogen and oxygen atoms in total. The molecule has 0 spiro atoms. The fourth-order valence-corrected chi connectivity index (χ4v) is 1.00. The molecule has 1 aliphatic carbocycles. The molecular weight excluding hydrogens is 144 g/mol. The third-order valence-corrected chi connectivity index (χ3v) is 1.49. The van der Waals surface area contributed by atoms with E-state index in [1.54, 1.807) is 6.08 Å². The molecule has 0 aromatic heterocycles. The molecule has 0 aromatic carbocycles. The molecule has 0 saturated heterocycles. The summed E-state index contributed by atoms with van der Waals surface area (Å²) < 4.78 is 0. The van der Waals surface area contributed by atoms with Gasteiger partial charge in [-0.2, -0.15) is 4.99 Å². The van der Waals surface area contributed by atoms with E-state index in [-0.39, 0.29) is 6.04 Å². The van der Waals surface area contributed by atoms with E-state index >= 15 is 0 Å². The van der Waals surface area contributed by atoms with Gasteiger partial charge in [0.1, 0.15) is 0 Å². The lowest BCUT2D eigenvalue weighted by molar-refractivity contribution is 0.557. The van der Waals surface area contributed by atoms with Gasteiger partial charge in [-0.3, -0.25) is 0 Å². The Morgan fingerprint density at radius 2 is 2.27 bits per heavy atom. The number of isocyanates is 2. The highest BCUT2D eigenvalue weighted by molar-refractivity contribution is 5.39. The Balaban J connectivity index is 2.55. The van der Waals surface area contributed by atoms with Crippen LogP contribution in [0.3, 0.4) is 0 Å². The van der Waals surface area contributed by atoms with Gasteiger partial charge in [0.25, 0.3) is 0 Å². The molecule has 1 atom stereocenters. The minimum absolute atomic E-state index is 0.0698. The topological polar surface area (TPSA) is 58.9 Å². The van der Waals surface area contributed by atoms with E-state index in [0.29, 0.717) is 18.5 Å². The number of nitrogens with zero attached hydrogens (tertiary/aromatic N) is 2. The summed E-state index contributed by atoms with van der Waals surface area (Å²) in [6, 6.07) is -0.0698. The summed E-state index contributed by atoms with van der Waals surface area (Å²) in [5.41, 5.74) is 0.656. The fraction of sp³-hybridized carbons (Fsp3) is 0.429. The normalized spacial score (nSPS) is 21.5. The van der Waals surface area contributed by atoms with E-state index in [0.717, 1.165) is 0 Å². The van der Waals surface area contributed by atoms with Crippen LogP contribution in [0, 0.1) is 0 Å². The number of aliphatic imine (C=N–C) groups is 2. The molecule has 0 radical (unpaired) electrons. The second kappa shape index (κ2) is 3.62. The quantitative estimate of drug-likeness (QED) is 0.429. The summed E-state index contributed by atoms with van der Waals surface area (Å²) in [6.45, 7) is 0. The van der Waals surface area contributed by atoms with Crippen LogP contribution in [-0.2, 0) is 9.59 Å². The molecule has 0 aliphatic heterocycles. The molecule has 0 fully saturated rings. The Kier molecular flexibility index (Phi) is 2.50. The zero-order valence-corrected chi connectivity index (χ0v) is 5.78. The molecule has 11 heavy (non-hydrogen) atoms. The Morgan fingerprint density at radius 1 is 1.45 bits per heavy atom. The maximum absolute atomic E-state index is 9.80. The first-order valence-corrected chi connectivity index (χ1v) is 3.20. The van der Waals surface area contributed by atoms with Crippen LogP contribution in [0.25, 0.3) is 0 Å². The first-order chi connectivity index (χ1) is 5.36. The average molecular weight is 150 g/mol. The van der Waals surface area contributed by atoms with Crippen LogP contribution in [0.2, 0.25) is 0 Å². The van der Waals surface area contributed by atoms with Crippen LogP contribution in [0.15, 0.2) is 21.8 Å². The number of hydrogen-bond donors (Lipinski definition) is 0. The standard InChI is InChI=1S/C7H6N2O2/c10-4-8-6-1-2-7(3-6)9-5-11/h1,7H,2-3H2/t7-/m1/s1. The summed E-state index contributed by atoms with van der Waals surface area (Å²) in [5, 5.41) is 0. The van der Waals surface area contributed by atoms with Gasteiger partial charge in [-0.25, -0.2) is 14.6 Å². The van der Waals surface area contributed by atoms with Crippen molar-refractivity contribution in [1.82, 2.24) is 0 Å². The maximum Gasteiger partial charge on any atom is 0.240 e. The first kappa shape index (κ1) is 7.61. The van der Waals surface area contributed by atoms with Crippen molar-refractivity contribution in [3.63, 3.8) is 0 Å². The molecule has 0 aromatic rings. The minimum Gasteiger partial charge on any atom is -0.211 e. The van der Waals surface area contributed by atoms with Crippen molar-refractivity contribution >= 4 is 12.2 Å². The van der Waals surface area contributed by atoms with Crippen molar-refractivity contribution in [2.45, 2.75) is 18.9 Å². The van der Waals surface area contributed by atoms with Gasteiger partial charge in [-0.1, -0.05) is 6.08 Å². The van der Waals surface area contributed by atoms with Crippen molar-refractivity contribution in [1.29, 1.82) is 0 Å². The zero-order chi connectivity index (χ0) is 8.10. The smallest absolute Gasteiger partial charge is 0.211 e. The highest BCUT2D eigenvalue weighted by Gasteiger charge is 2.15. The van der Waals surface area contributed by atoms with Crippen LogP contribution in [0.4, 0.5) is 0 Å². The highest BCUT2D eigenvalue weighted by atomic mass is 16.1. The molecule has 0 N–H and O–H groups in total. The van der Waals surface area contributed by atoms with Crippen LogP contribution >= 0.6 is 0 Å². The van der Waals surface area contributed by atoms with Crippen LogP contribution in [-0.4, -0.2) is 18.2 Å². The van der Waals surface area contributed by atoms with Gasteiger partial charge in [-0.15, -0.1) is 0 Å². The van der Waals surface area contributed by atoms with Crippen molar-refractivity contribution in [3.05, 3.63) is 11.8 Å². The highest BCUT2D eigenvalue weighted by Crippen LogP contribution is 2.21. The van der Waals surface area contributed by atoms with E-state index in [4.69, 9.17) is 0 Å². The van der Waals surface area contributed by atoms with E-state index in [9.17, 15) is 9.59 Å². The summed E-state index contributed by atoms with van der Waals surface area (Å²) in [4.78, 5) is 26.5. The van der Waals surface area contributed by atoms with Gasteiger partial charge in [0.2, 0.25) is 12.2 Å². The van der Waals surface area contributed by atoms with E-state index in [1.165, 1.54) is 12.2 Å². The van der Waals surface area contributed by atoms with Crippen molar-refractivity contribution in [2.75, 3.05) is 0 Å². The third kappa shape index (κ3) is 1.97. The van der Waals surface area contributed by atoms with Crippen LogP contribution in [0.5, 0.6) is 0 Å². The molecule has 56 valence electrons. The molecule has 0 unspecified atom stereocenters. The third-order valence-electron chi connectivity index (χ3n) is 1.49. The monoisotopic (exact) mass is 150 g/mol. The number of rotatable bonds is 2. The molecule has 1 aliphatic rings. The second-order valence-electron chi connectivity index (χ2n) is 2.21. The van der Waals surface area contributed by atoms with Gasteiger partial charge in [0.05, 0.1) is 11.7 Å². The summed E-state index contributed by atoms with van der Waals surface area (Å²) in [5.74, 6) is 0. The van der Waals surface area contributed by atoms with E-state index < -0.39 is 0 Å². The molecule has 0 bridgehead atoms. The Morgan fingerprint density at radius 3 is 2.91 bits per heavy atom. The predicted molar refractivity (Wildman–Crippen MR) is 37.3 cm³/mol. The molecule has 0 saturated carbocycles. The van der Waals surface area contributed by atoms with Crippen molar-refractivity contribution in [2.24, 2.45) is 9.98 Å². The molecule has 0 amide bonds. The Labute approximate surface area is 63.3 Å². The molecule has 4 heteroatoms. The fourth-order valence-electron chi connectivity index (χ4n) is 1.00. The molecule has 1 rings (SSSR count). The SMILES string of the molecule is O=C=NC1=CC[C@@H](N=C=O)C1. The van der Waals surface area contributed by atoms with Crippen molar-refractivity contribution in [3.8, 4) is 0 Å². The van der Waals surface area contributed by atoms with Gasteiger partial charge in [0, 0.05) is 6.42 Å². The predicted octanol–water partition coefficient (Wildman–Crippen LogP) is 0.704. The van der Waals surface area contributed by atoms with Crippen molar-refractivity contribution < 1.29 is 9.59 Å². The lowest BCUT2D eigenvalue weighted by atomic mass is 10.2. The Hall–Kier alpha value is -1.50. The zero-order valence-electron chi connectivity index (χ0n) is 5.78. The summed E-state index contributed by atoms with van der Waals surface area (Å²) in [7, 11) is 0. The number of carbonyl (C=O) groups excluding carboxylic acids is 2. The summed E-state index contributed by atoms with van der Waals surface area (Å²) >= 11 is 0. The molecular formula is C7H6N2O2. The largest absolute Gasteiger partial charge is 0.240 e. The van der Waals surface area contributed by atoms with Gasteiger partial charge >= 0.3 is 0 Å². The lowest BCUT2D eigenvalue weighted by Gasteiger charge is -1.95. The average Bonchev–Trinajstić information content (AvgIpc) is 2.38. The van der Waals surface area contributed by atoms with Crippen LogP contribution in [0.1, 0.15) is 12.8 Å². The number of hydrogen-bond acceptors (Lipinski definition) is 4. The van der Waals surface area contributed by atoms with Crippen LogP contribution < -0.4 is 0 Å². The minimum atomic E-state index is -0.0698. The summed E-state index contributed by atoms with van der Waals surface area (Å²) in [6.07, 6.45) is 5.90. The van der Waals surface area contributed by atoms with Gasteiger partial charge in [0.15, 0.2) is 0 Å². The maximum atomic E-state index is 9.80. The van der Waals surface area contributed by atoms with Gasteiger partial charge < -0.3 is 0 Å². The first-order valence-electron chi connectivity index (χ1n) is 3.20. The van der Waals surface area contributed by atoms with Gasteiger partial charge in [-0.05, 0) is 6.42 Å². The van der Waals surface area contributed by atoms with E-state index in [1.807, 2.05) is 0 Å². The Bertz CT molecular complexity index is 270. The second-order valence-corrected chi connectivity index (χ2v) is 2.21. The molecule has 0 heterocycles.